The highest BCUT2D eigenvalue weighted by Crippen LogP contribution is 2.33. The molecule has 1 unspecified atom stereocenters. The summed E-state index contributed by atoms with van der Waals surface area (Å²) >= 11 is 0. The van der Waals surface area contributed by atoms with Crippen molar-refractivity contribution >= 4 is 17.5 Å². The summed E-state index contributed by atoms with van der Waals surface area (Å²) in [5.74, 6) is 0.973. The molecule has 0 aliphatic carbocycles. The SMILES string of the molecule is O=C(Cc1cccc(N(Cc2ccccc2)C(=O)c2ccc3c(c2)OCO3)c1)NCC1CCCO1. The molecule has 2 amide bonds. The van der Waals surface area contributed by atoms with Gasteiger partial charge < -0.3 is 24.4 Å². The van der Waals surface area contributed by atoms with Crippen molar-refractivity contribution in [1.82, 2.24) is 5.32 Å². The fourth-order valence-corrected chi connectivity index (χ4v) is 4.35. The van der Waals surface area contributed by atoms with Crippen molar-refractivity contribution in [2.45, 2.75) is 31.9 Å². The number of benzene rings is 3. The van der Waals surface area contributed by atoms with Crippen LogP contribution >= 0.6 is 0 Å². The Bertz CT molecular complexity index is 1190. The van der Waals surface area contributed by atoms with E-state index in [1.54, 1.807) is 23.1 Å². The number of rotatable bonds is 8. The average molecular weight is 473 g/mol. The lowest BCUT2D eigenvalue weighted by Crippen LogP contribution is -2.33. The van der Waals surface area contributed by atoms with Crippen LogP contribution in [0.15, 0.2) is 72.8 Å². The van der Waals surface area contributed by atoms with E-state index in [0.717, 1.165) is 36.3 Å². The Morgan fingerprint density at radius 2 is 1.74 bits per heavy atom. The number of amides is 2. The van der Waals surface area contributed by atoms with Gasteiger partial charge in [-0.15, -0.1) is 0 Å². The quantitative estimate of drug-likeness (QED) is 0.534. The molecule has 0 aromatic heterocycles. The van der Waals surface area contributed by atoms with E-state index in [2.05, 4.69) is 5.32 Å². The van der Waals surface area contributed by atoms with Crippen molar-refractivity contribution in [1.29, 1.82) is 0 Å². The summed E-state index contributed by atoms with van der Waals surface area (Å²) in [4.78, 5) is 27.9. The van der Waals surface area contributed by atoms with Gasteiger partial charge in [-0.1, -0.05) is 42.5 Å². The number of nitrogens with one attached hydrogen (secondary N) is 1. The zero-order valence-electron chi connectivity index (χ0n) is 19.4. The van der Waals surface area contributed by atoms with Crippen molar-refractivity contribution in [2.24, 2.45) is 0 Å². The van der Waals surface area contributed by atoms with E-state index in [1.807, 2.05) is 54.6 Å². The second-order valence-corrected chi connectivity index (χ2v) is 8.73. The molecular formula is C28H28N2O5. The van der Waals surface area contributed by atoms with Crippen LogP contribution in [0.25, 0.3) is 0 Å². The largest absolute Gasteiger partial charge is 0.454 e. The molecule has 7 heteroatoms. The first-order valence-electron chi connectivity index (χ1n) is 11.9. The van der Waals surface area contributed by atoms with Crippen molar-refractivity contribution in [3.8, 4) is 11.5 Å². The second kappa shape index (κ2) is 10.6. The molecule has 0 bridgehead atoms. The molecule has 35 heavy (non-hydrogen) atoms. The number of fused-ring (bicyclic) bond motifs is 1. The van der Waals surface area contributed by atoms with E-state index in [9.17, 15) is 9.59 Å². The molecule has 1 fully saturated rings. The van der Waals surface area contributed by atoms with Gasteiger partial charge in [0.25, 0.3) is 5.91 Å². The van der Waals surface area contributed by atoms with Gasteiger partial charge >= 0.3 is 0 Å². The van der Waals surface area contributed by atoms with Crippen LogP contribution in [0.1, 0.15) is 34.3 Å². The third-order valence-electron chi connectivity index (χ3n) is 6.19. The first kappa shape index (κ1) is 22.9. The Hall–Kier alpha value is -3.84. The first-order chi connectivity index (χ1) is 17.2. The monoisotopic (exact) mass is 472 g/mol. The van der Waals surface area contributed by atoms with Crippen LogP contribution in [0, 0.1) is 0 Å². The maximum Gasteiger partial charge on any atom is 0.258 e. The van der Waals surface area contributed by atoms with Crippen molar-refractivity contribution in [2.75, 3.05) is 24.8 Å². The van der Waals surface area contributed by atoms with Gasteiger partial charge in [-0.2, -0.15) is 0 Å². The molecule has 2 aliphatic rings. The van der Waals surface area contributed by atoms with Crippen molar-refractivity contribution in [3.05, 3.63) is 89.5 Å². The molecule has 7 nitrogen and oxygen atoms in total. The normalized spacial score (nSPS) is 16.2. The summed E-state index contributed by atoms with van der Waals surface area (Å²) in [6.45, 7) is 1.83. The summed E-state index contributed by atoms with van der Waals surface area (Å²) < 4.78 is 16.4. The molecule has 1 atom stereocenters. The molecule has 0 saturated carbocycles. The Morgan fingerprint density at radius 1 is 0.914 bits per heavy atom. The van der Waals surface area contributed by atoms with Crippen LogP contribution in [0.2, 0.25) is 0 Å². The summed E-state index contributed by atoms with van der Waals surface area (Å²) in [6.07, 6.45) is 2.35. The van der Waals surface area contributed by atoms with Crippen LogP contribution in [0.3, 0.4) is 0 Å². The summed E-state index contributed by atoms with van der Waals surface area (Å²) in [5.41, 5.74) is 3.07. The van der Waals surface area contributed by atoms with E-state index < -0.39 is 0 Å². The second-order valence-electron chi connectivity index (χ2n) is 8.73. The minimum Gasteiger partial charge on any atom is -0.454 e. The van der Waals surface area contributed by atoms with Crippen molar-refractivity contribution < 1.29 is 23.8 Å². The van der Waals surface area contributed by atoms with Crippen LogP contribution in [0.4, 0.5) is 5.69 Å². The third kappa shape index (κ3) is 5.63. The molecule has 3 aromatic rings. The van der Waals surface area contributed by atoms with E-state index in [1.165, 1.54) is 0 Å². The zero-order chi connectivity index (χ0) is 24.0. The highest BCUT2D eigenvalue weighted by molar-refractivity contribution is 6.06. The highest BCUT2D eigenvalue weighted by atomic mass is 16.7. The van der Waals surface area contributed by atoms with Gasteiger partial charge in [0, 0.05) is 24.4 Å². The maximum absolute atomic E-state index is 13.7. The fourth-order valence-electron chi connectivity index (χ4n) is 4.35. The number of carbonyl (C=O) groups is 2. The van der Waals surface area contributed by atoms with Crippen LogP contribution in [-0.4, -0.2) is 37.9 Å². The molecule has 5 rings (SSSR count). The van der Waals surface area contributed by atoms with Gasteiger partial charge in [-0.3, -0.25) is 9.59 Å². The van der Waals surface area contributed by atoms with Crippen LogP contribution < -0.4 is 19.7 Å². The summed E-state index contributed by atoms with van der Waals surface area (Å²) in [5, 5.41) is 2.96. The predicted octanol–water partition coefficient (Wildman–Crippen LogP) is 4.10. The molecule has 3 aromatic carbocycles. The minimum absolute atomic E-state index is 0.0608. The average Bonchev–Trinajstić information content (AvgIpc) is 3.58. The van der Waals surface area contributed by atoms with Gasteiger partial charge in [0.2, 0.25) is 12.7 Å². The number of nitrogens with zero attached hydrogens (tertiary/aromatic N) is 1. The van der Waals surface area contributed by atoms with Gasteiger partial charge in [0.1, 0.15) is 0 Å². The van der Waals surface area contributed by atoms with E-state index >= 15 is 0 Å². The van der Waals surface area contributed by atoms with E-state index in [0.29, 0.717) is 30.2 Å². The molecule has 2 aliphatic heterocycles. The minimum atomic E-state index is -0.160. The number of hydrogen-bond donors (Lipinski definition) is 1. The van der Waals surface area contributed by atoms with Gasteiger partial charge in [-0.05, 0) is 54.3 Å². The lowest BCUT2D eigenvalue weighted by molar-refractivity contribution is -0.120. The number of ether oxygens (including phenoxy) is 3. The highest BCUT2D eigenvalue weighted by Gasteiger charge is 2.22. The number of hydrogen-bond acceptors (Lipinski definition) is 5. The molecule has 180 valence electrons. The smallest absolute Gasteiger partial charge is 0.258 e. The zero-order valence-corrected chi connectivity index (χ0v) is 19.4. The van der Waals surface area contributed by atoms with Gasteiger partial charge in [-0.25, -0.2) is 0 Å². The van der Waals surface area contributed by atoms with Gasteiger partial charge in [0.15, 0.2) is 11.5 Å². The van der Waals surface area contributed by atoms with E-state index in [4.69, 9.17) is 14.2 Å². The van der Waals surface area contributed by atoms with Gasteiger partial charge in [0.05, 0.1) is 19.1 Å². The summed E-state index contributed by atoms with van der Waals surface area (Å²) in [7, 11) is 0. The summed E-state index contributed by atoms with van der Waals surface area (Å²) in [6, 6.07) is 22.6. The van der Waals surface area contributed by atoms with Crippen LogP contribution in [-0.2, 0) is 22.5 Å². The molecule has 1 N–H and O–H groups in total. The Balaban J connectivity index is 1.36. The van der Waals surface area contributed by atoms with Crippen molar-refractivity contribution in [3.63, 3.8) is 0 Å². The molecule has 0 spiro atoms. The third-order valence-corrected chi connectivity index (χ3v) is 6.19. The Kier molecular flexibility index (Phi) is 6.95. The molecule has 0 radical (unpaired) electrons. The number of anilines is 1. The Morgan fingerprint density at radius 3 is 2.57 bits per heavy atom. The Labute approximate surface area is 204 Å². The lowest BCUT2D eigenvalue weighted by Gasteiger charge is -2.24. The van der Waals surface area contributed by atoms with E-state index in [-0.39, 0.29) is 31.1 Å². The molecule has 2 heterocycles. The van der Waals surface area contributed by atoms with Crippen LogP contribution in [0.5, 0.6) is 11.5 Å². The molecular weight excluding hydrogens is 444 g/mol. The molecule has 1 saturated heterocycles. The fraction of sp³-hybridized carbons (Fsp3) is 0.286. The standard InChI is InChI=1S/C28H28N2O5/c31-27(29-17-24-10-5-13-33-24)15-21-8-4-9-23(14-21)30(18-20-6-2-1-3-7-20)28(32)22-11-12-25-26(16-22)35-19-34-25/h1-4,6-9,11-12,14,16,24H,5,10,13,15,17-19H2,(H,29,31). The predicted molar refractivity (Wildman–Crippen MR) is 132 cm³/mol. The first-order valence-corrected chi connectivity index (χ1v) is 11.9. The lowest BCUT2D eigenvalue weighted by atomic mass is 10.1. The number of carbonyl (C=O) groups excluding carboxylic acids is 2. The maximum atomic E-state index is 13.7. The topological polar surface area (TPSA) is 77.1 Å².